The zero-order valence-corrected chi connectivity index (χ0v) is 14.0. The van der Waals surface area contributed by atoms with E-state index < -0.39 is 6.10 Å². The number of para-hydroxylation sites is 2. The topological polar surface area (TPSA) is 64.6 Å². The Morgan fingerprint density at radius 3 is 2.42 bits per heavy atom. The number of carbonyl (C=O) groups excluding carboxylic acids is 2. The van der Waals surface area contributed by atoms with Crippen molar-refractivity contribution in [2.75, 3.05) is 12.4 Å². The van der Waals surface area contributed by atoms with Crippen molar-refractivity contribution in [2.24, 2.45) is 0 Å². The highest BCUT2D eigenvalue weighted by molar-refractivity contribution is 5.98. The first kappa shape index (κ1) is 17.5. The van der Waals surface area contributed by atoms with Gasteiger partial charge in [-0.3, -0.25) is 9.59 Å². The molecule has 126 valence electrons. The minimum atomic E-state index is -0.665. The molecule has 0 radical (unpaired) electrons. The van der Waals surface area contributed by atoms with E-state index in [9.17, 15) is 9.59 Å². The number of methoxy groups -OCH3 is 1. The molecule has 1 atom stereocenters. The van der Waals surface area contributed by atoms with Crippen molar-refractivity contribution in [3.8, 4) is 11.5 Å². The number of amides is 1. The lowest BCUT2D eigenvalue weighted by atomic mass is 10.1. The van der Waals surface area contributed by atoms with Crippen molar-refractivity contribution in [3.05, 3.63) is 54.1 Å². The highest BCUT2D eigenvalue weighted by Crippen LogP contribution is 2.27. The number of rotatable bonds is 7. The number of nitrogens with one attached hydrogen (secondary N) is 1. The van der Waals surface area contributed by atoms with Crippen LogP contribution in [0, 0.1) is 0 Å². The summed E-state index contributed by atoms with van der Waals surface area (Å²) in [5.74, 6) is 0.759. The smallest absolute Gasteiger partial charge is 0.265 e. The Morgan fingerprint density at radius 1 is 1.08 bits per heavy atom. The van der Waals surface area contributed by atoms with Crippen LogP contribution in [0.25, 0.3) is 0 Å². The van der Waals surface area contributed by atoms with Crippen LogP contribution in [-0.4, -0.2) is 24.9 Å². The maximum Gasteiger partial charge on any atom is 0.265 e. The van der Waals surface area contributed by atoms with Crippen LogP contribution >= 0.6 is 0 Å². The van der Waals surface area contributed by atoms with Gasteiger partial charge in [0.1, 0.15) is 0 Å². The lowest BCUT2D eigenvalue weighted by Gasteiger charge is -2.19. The summed E-state index contributed by atoms with van der Waals surface area (Å²) in [6.07, 6.45) is -0.168. The van der Waals surface area contributed by atoms with Crippen molar-refractivity contribution in [2.45, 2.75) is 26.4 Å². The molecule has 0 bridgehead atoms. The average Bonchev–Trinajstić information content (AvgIpc) is 2.60. The Labute approximate surface area is 141 Å². The lowest BCUT2D eigenvalue weighted by Crippen LogP contribution is -2.32. The number of benzene rings is 2. The normalized spacial score (nSPS) is 11.5. The van der Waals surface area contributed by atoms with Crippen molar-refractivity contribution in [3.63, 3.8) is 0 Å². The van der Waals surface area contributed by atoms with E-state index in [-0.39, 0.29) is 11.7 Å². The summed E-state index contributed by atoms with van der Waals surface area (Å²) in [7, 11) is 1.55. The van der Waals surface area contributed by atoms with Crippen LogP contribution in [0.5, 0.6) is 11.5 Å². The van der Waals surface area contributed by atoms with Gasteiger partial charge in [-0.25, -0.2) is 0 Å². The third-order valence-electron chi connectivity index (χ3n) is 3.54. The standard InChI is InChI=1S/C19H21NO4/c1-4-16(24-18-11-6-5-10-17(18)23-3)19(22)20-15-9-7-8-14(12-15)13(2)21/h5-12,16H,4H2,1-3H3,(H,20,22). The molecule has 0 fully saturated rings. The molecule has 0 aliphatic heterocycles. The van der Waals surface area contributed by atoms with Crippen LogP contribution in [0.2, 0.25) is 0 Å². The summed E-state index contributed by atoms with van der Waals surface area (Å²) >= 11 is 0. The molecule has 5 heteroatoms. The fourth-order valence-corrected chi connectivity index (χ4v) is 2.23. The van der Waals surface area contributed by atoms with Crippen LogP contribution in [0.4, 0.5) is 5.69 Å². The third-order valence-corrected chi connectivity index (χ3v) is 3.54. The van der Waals surface area contributed by atoms with Crippen molar-refractivity contribution in [1.29, 1.82) is 0 Å². The SMILES string of the molecule is CCC(Oc1ccccc1OC)C(=O)Nc1cccc(C(C)=O)c1. The largest absolute Gasteiger partial charge is 0.493 e. The van der Waals surface area contributed by atoms with E-state index in [0.29, 0.717) is 29.2 Å². The number of hydrogen-bond donors (Lipinski definition) is 1. The Balaban J connectivity index is 2.11. The van der Waals surface area contributed by atoms with E-state index in [1.807, 2.05) is 19.1 Å². The van der Waals surface area contributed by atoms with Crippen LogP contribution < -0.4 is 14.8 Å². The van der Waals surface area contributed by atoms with Gasteiger partial charge in [0.05, 0.1) is 7.11 Å². The molecular weight excluding hydrogens is 306 g/mol. The zero-order valence-electron chi connectivity index (χ0n) is 14.0. The molecule has 1 N–H and O–H groups in total. The van der Waals surface area contributed by atoms with Gasteiger partial charge in [0.15, 0.2) is 23.4 Å². The number of anilines is 1. The molecule has 0 aliphatic carbocycles. The molecule has 0 heterocycles. The van der Waals surface area contributed by atoms with Crippen LogP contribution in [0.15, 0.2) is 48.5 Å². The Bertz CT molecular complexity index is 727. The first-order chi connectivity index (χ1) is 11.5. The molecule has 2 rings (SSSR count). The maximum absolute atomic E-state index is 12.5. The van der Waals surface area contributed by atoms with Gasteiger partial charge in [0.25, 0.3) is 5.91 Å². The number of ketones is 1. The Hall–Kier alpha value is -2.82. The van der Waals surface area contributed by atoms with Gasteiger partial charge in [0.2, 0.25) is 0 Å². The summed E-state index contributed by atoms with van der Waals surface area (Å²) < 4.78 is 11.0. The van der Waals surface area contributed by atoms with E-state index in [1.54, 1.807) is 43.5 Å². The van der Waals surface area contributed by atoms with Crippen molar-refractivity contribution in [1.82, 2.24) is 0 Å². The van der Waals surface area contributed by atoms with E-state index >= 15 is 0 Å². The summed E-state index contributed by atoms with van der Waals surface area (Å²) in [6.45, 7) is 3.35. The van der Waals surface area contributed by atoms with Gasteiger partial charge < -0.3 is 14.8 Å². The van der Waals surface area contributed by atoms with Gasteiger partial charge >= 0.3 is 0 Å². The Morgan fingerprint density at radius 2 is 1.79 bits per heavy atom. The molecule has 0 saturated carbocycles. The second-order valence-electron chi connectivity index (χ2n) is 5.29. The Kier molecular flexibility index (Phi) is 5.95. The van der Waals surface area contributed by atoms with E-state index in [1.165, 1.54) is 6.92 Å². The summed E-state index contributed by atoms with van der Waals surface area (Å²) in [5, 5.41) is 2.79. The highest BCUT2D eigenvalue weighted by Gasteiger charge is 2.20. The fourth-order valence-electron chi connectivity index (χ4n) is 2.23. The van der Waals surface area contributed by atoms with E-state index in [0.717, 1.165) is 0 Å². The number of Topliss-reactive ketones (excluding diaryl/α,β-unsaturated/α-hetero) is 1. The molecule has 24 heavy (non-hydrogen) atoms. The quantitative estimate of drug-likeness (QED) is 0.788. The molecule has 5 nitrogen and oxygen atoms in total. The number of ether oxygens (including phenoxy) is 2. The number of carbonyl (C=O) groups is 2. The summed E-state index contributed by atoms with van der Waals surface area (Å²) in [4.78, 5) is 23.9. The molecule has 0 aromatic heterocycles. The molecule has 2 aromatic rings. The van der Waals surface area contributed by atoms with Gasteiger partial charge in [0, 0.05) is 11.3 Å². The lowest BCUT2D eigenvalue weighted by molar-refractivity contribution is -0.122. The predicted molar refractivity (Wildman–Crippen MR) is 92.8 cm³/mol. The third kappa shape index (κ3) is 4.35. The van der Waals surface area contributed by atoms with E-state index in [2.05, 4.69) is 5.32 Å². The molecule has 2 aromatic carbocycles. The molecule has 1 amide bonds. The van der Waals surface area contributed by atoms with E-state index in [4.69, 9.17) is 9.47 Å². The first-order valence-corrected chi connectivity index (χ1v) is 7.76. The van der Waals surface area contributed by atoms with Crippen LogP contribution in [0.1, 0.15) is 30.6 Å². The minimum Gasteiger partial charge on any atom is -0.493 e. The zero-order chi connectivity index (χ0) is 17.5. The van der Waals surface area contributed by atoms with Gasteiger partial charge in [-0.1, -0.05) is 31.2 Å². The van der Waals surface area contributed by atoms with Crippen LogP contribution in [-0.2, 0) is 4.79 Å². The fraction of sp³-hybridized carbons (Fsp3) is 0.263. The highest BCUT2D eigenvalue weighted by atomic mass is 16.5. The second kappa shape index (κ2) is 8.15. The van der Waals surface area contributed by atoms with Gasteiger partial charge in [-0.05, 0) is 37.6 Å². The first-order valence-electron chi connectivity index (χ1n) is 7.76. The van der Waals surface area contributed by atoms with Crippen molar-refractivity contribution >= 4 is 17.4 Å². The molecular formula is C19H21NO4. The van der Waals surface area contributed by atoms with Gasteiger partial charge in [-0.2, -0.15) is 0 Å². The monoisotopic (exact) mass is 327 g/mol. The molecule has 1 unspecified atom stereocenters. The minimum absolute atomic E-state index is 0.0524. The summed E-state index contributed by atoms with van der Waals surface area (Å²) in [5.41, 5.74) is 1.11. The average molecular weight is 327 g/mol. The summed E-state index contributed by atoms with van der Waals surface area (Å²) in [6, 6.07) is 14.0. The second-order valence-corrected chi connectivity index (χ2v) is 5.29. The molecule has 0 spiro atoms. The number of hydrogen-bond acceptors (Lipinski definition) is 4. The van der Waals surface area contributed by atoms with Crippen molar-refractivity contribution < 1.29 is 19.1 Å². The maximum atomic E-state index is 12.5. The van der Waals surface area contributed by atoms with Crippen LogP contribution in [0.3, 0.4) is 0 Å². The van der Waals surface area contributed by atoms with Gasteiger partial charge in [-0.15, -0.1) is 0 Å². The molecule has 0 aliphatic rings. The predicted octanol–water partition coefficient (Wildman–Crippen LogP) is 3.69. The molecule has 0 saturated heterocycles.